The Bertz CT molecular complexity index is 172. The topological polar surface area (TPSA) is 47.3 Å². The van der Waals surface area contributed by atoms with E-state index < -0.39 is 0 Å². The van der Waals surface area contributed by atoms with Crippen LogP contribution in [0.25, 0.3) is 0 Å². The zero-order valence-electron chi connectivity index (χ0n) is 9.58. The van der Waals surface area contributed by atoms with Crippen LogP contribution < -0.4 is 11.1 Å². The van der Waals surface area contributed by atoms with Crippen LogP contribution >= 0.6 is 0 Å². The molecule has 88 valence electrons. The lowest BCUT2D eigenvalue weighted by molar-refractivity contribution is 0.0682. The van der Waals surface area contributed by atoms with E-state index in [0.29, 0.717) is 12.1 Å². The van der Waals surface area contributed by atoms with Gasteiger partial charge in [-0.2, -0.15) is 0 Å². The lowest BCUT2D eigenvalue weighted by Gasteiger charge is -2.29. The normalized spacial score (nSPS) is 37.8. The summed E-state index contributed by atoms with van der Waals surface area (Å²) in [6, 6.07) is 1.08. The van der Waals surface area contributed by atoms with Crippen LogP contribution in [0, 0.1) is 5.92 Å². The molecule has 2 rings (SSSR count). The summed E-state index contributed by atoms with van der Waals surface area (Å²) >= 11 is 0. The Labute approximate surface area is 92.7 Å². The summed E-state index contributed by atoms with van der Waals surface area (Å²) in [7, 11) is 0. The van der Waals surface area contributed by atoms with Gasteiger partial charge in [0.05, 0.1) is 6.61 Å². The van der Waals surface area contributed by atoms with Crippen LogP contribution in [0.15, 0.2) is 0 Å². The van der Waals surface area contributed by atoms with Crippen LogP contribution in [0.3, 0.4) is 0 Å². The molecule has 0 amide bonds. The highest BCUT2D eigenvalue weighted by atomic mass is 16.5. The SMILES string of the molecule is NC1CCC(CNC2CCCOC2)CC1. The van der Waals surface area contributed by atoms with Crippen LogP contribution in [0.2, 0.25) is 0 Å². The van der Waals surface area contributed by atoms with Crippen molar-refractivity contribution in [2.24, 2.45) is 11.7 Å². The van der Waals surface area contributed by atoms with Crippen molar-refractivity contribution in [3.8, 4) is 0 Å². The number of hydrogen-bond donors (Lipinski definition) is 2. The lowest BCUT2D eigenvalue weighted by atomic mass is 9.86. The summed E-state index contributed by atoms with van der Waals surface area (Å²) in [6.45, 7) is 3.03. The average Bonchev–Trinajstić information content (AvgIpc) is 2.30. The van der Waals surface area contributed by atoms with Crippen molar-refractivity contribution in [3.05, 3.63) is 0 Å². The van der Waals surface area contributed by atoms with Gasteiger partial charge in [0.1, 0.15) is 0 Å². The summed E-state index contributed by atoms with van der Waals surface area (Å²) in [5.74, 6) is 0.853. The summed E-state index contributed by atoms with van der Waals surface area (Å²) in [5, 5.41) is 3.64. The fourth-order valence-corrected chi connectivity index (χ4v) is 2.63. The molecule has 1 atom stereocenters. The first kappa shape index (κ1) is 11.4. The number of nitrogens with one attached hydrogen (secondary N) is 1. The minimum absolute atomic E-state index is 0.472. The van der Waals surface area contributed by atoms with Gasteiger partial charge in [0.2, 0.25) is 0 Å². The van der Waals surface area contributed by atoms with Crippen molar-refractivity contribution in [1.82, 2.24) is 5.32 Å². The Morgan fingerprint density at radius 1 is 1.13 bits per heavy atom. The van der Waals surface area contributed by atoms with Crippen molar-refractivity contribution in [2.45, 2.75) is 50.6 Å². The van der Waals surface area contributed by atoms with E-state index in [1.165, 1.54) is 45.1 Å². The standard InChI is InChI=1S/C12H24N2O/c13-11-5-3-10(4-6-11)8-14-12-2-1-7-15-9-12/h10-12,14H,1-9,13H2. The van der Waals surface area contributed by atoms with Crippen LogP contribution in [0.4, 0.5) is 0 Å². The quantitative estimate of drug-likeness (QED) is 0.740. The molecule has 2 aliphatic rings. The molecule has 3 N–H and O–H groups in total. The maximum atomic E-state index is 5.90. The third kappa shape index (κ3) is 3.74. The molecular weight excluding hydrogens is 188 g/mol. The fourth-order valence-electron chi connectivity index (χ4n) is 2.63. The Kier molecular flexibility index (Phi) is 4.42. The van der Waals surface area contributed by atoms with Crippen molar-refractivity contribution in [3.63, 3.8) is 0 Å². The van der Waals surface area contributed by atoms with Crippen LogP contribution in [0.5, 0.6) is 0 Å². The molecule has 15 heavy (non-hydrogen) atoms. The van der Waals surface area contributed by atoms with Gasteiger partial charge in [-0.1, -0.05) is 0 Å². The first-order valence-electron chi connectivity index (χ1n) is 6.41. The fraction of sp³-hybridized carbons (Fsp3) is 1.00. The third-order valence-corrected chi connectivity index (χ3v) is 3.75. The van der Waals surface area contributed by atoms with E-state index in [4.69, 9.17) is 10.5 Å². The highest BCUT2D eigenvalue weighted by Gasteiger charge is 2.20. The summed E-state index contributed by atoms with van der Waals surface area (Å²) in [6.07, 6.45) is 7.55. The monoisotopic (exact) mass is 212 g/mol. The van der Waals surface area contributed by atoms with Gasteiger partial charge >= 0.3 is 0 Å². The second-order valence-corrected chi connectivity index (χ2v) is 5.10. The molecule has 1 heterocycles. The molecule has 0 aromatic rings. The van der Waals surface area contributed by atoms with Gasteiger partial charge in [0, 0.05) is 18.7 Å². The molecule has 2 fully saturated rings. The zero-order valence-corrected chi connectivity index (χ0v) is 9.58. The summed E-state index contributed by atoms with van der Waals surface area (Å²) < 4.78 is 5.46. The molecule has 3 nitrogen and oxygen atoms in total. The van der Waals surface area contributed by atoms with Crippen molar-refractivity contribution >= 4 is 0 Å². The van der Waals surface area contributed by atoms with Gasteiger partial charge < -0.3 is 15.8 Å². The van der Waals surface area contributed by atoms with Gasteiger partial charge in [0.25, 0.3) is 0 Å². The first-order chi connectivity index (χ1) is 7.34. The molecule has 0 aromatic heterocycles. The largest absolute Gasteiger partial charge is 0.380 e. The van der Waals surface area contributed by atoms with E-state index in [2.05, 4.69) is 5.32 Å². The second-order valence-electron chi connectivity index (χ2n) is 5.10. The lowest BCUT2D eigenvalue weighted by Crippen LogP contribution is -2.40. The molecular formula is C12H24N2O. The Balaban J connectivity index is 1.60. The van der Waals surface area contributed by atoms with E-state index in [9.17, 15) is 0 Å². The first-order valence-corrected chi connectivity index (χ1v) is 6.41. The zero-order chi connectivity index (χ0) is 10.5. The number of ether oxygens (including phenoxy) is 1. The third-order valence-electron chi connectivity index (χ3n) is 3.75. The molecule has 1 aliphatic carbocycles. The van der Waals surface area contributed by atoms with Gasteiger partial charge in [-0.3, -0.25) is 0 Å². The van der Waals surface area contributed by atoms with Crippen molar-refractivity contribution < 1.29 is 4.74 Å². The molecule has 0 aromatic carbocycles. The molecule has 3 heteroatoms. The van der Waals surface area contributed by atoms with Crippen LogP contribution in [0.1, 0.15) is 38.5 Å². The average molecular weight is 212 g/mol. The maximum Gasteiger partial charge on any atom is 0.0619 e. The van der Waals surface area contributed by atoms with E-state index in [1.807, 2.05) is 0 Å². The Morgan fingerprint density at radius 3 is 2.60 bits per heavy atom. The van der Waals surface area contributed by atoms with Gasteiger partial charge in [0.15, 0.2) is 0 Å². The molecule has 0 radical (unpaired) electrons. The molecule has 1 saturated carbocycles. The van der Waals surface area contributed by atoms with Gasteiger partial charge in [-0.05, 0) is 51.0 Å². The van der Waals surface area contributed by atoms with Gasteiger partial charge in [-0.25, -0.2) is 0 Å². The molecule has 1 aliphatic heterocycles. The molecule has 1 unspecified atom stereocenters. The van der Waals surface area contributed by atoms with Crippen LogP contribution in [-0.4, -0.2) is 31.8 Å². The van der Waals surface area contributed by atoms with Crippen molar-refractivity contribution in [2.75, 3.05) is 19.8 Å². The Morgan fingerprint density at radius 2 is 1.93 bits per heavy atom. The number of nitrogens with two attached hydrogens (primary N) is 1. The molecule has 0 bridgehead atoms. The highest BCUT2D eigenvalue weighted by Crippen LogP contribution is 2.22. The van der Waals surface area contributed by atoms with Crippen LogP contribution in [-0.2, 0) is 4.74 Å². The van der Waals surface area contributed by atoms with E-state index >= 15 is 0 Å². The highest BCUT2D eigenvalue weighted by molar-refractivity contribution is 4.78. The van der Waals surface area contributed by atoms with E-state index in [1.54, 1.807) is 0 Å². The molecule has 0 spiro atoms. The number of rotatable bonds is 3. The van der Waals surface area contributed by atoms with Crippen molar-refractivity contribution in [1.29, 1.82) is 0 Å². The summed E-state index contributed by atoms with van der Waals surface area (Å²) in [5.41, 5.74) is 5.90. The molecule has 1 saturated heterocycles. The number of hydrogen-bond acceptors (Lipinski definition) is 3. The second kappa shape index (κ2) is 5.83. The van der Waals surface area contributed by atoms with E-state index in [0.717, 1.165) is 19.1 Å². The predicted molar refractivity (Wildman–Crippen MR) is 61.8 cm³/mol. The Hall–Kier alpha value is -0.120. The smallest absolute Gasteiger partial charge is 0.0619 e. The summed E-state index contributed by atoms with van der Waals surface area (Å²) in [4.78, 5) is 0. The minimum Gasteiger partial charge on any atom is -0.380 e. The maximum absolute atomic E-state index is 5.90. The minimum atomic E-state index is 0.472. The van der Waals surface area contributed by atoms with Gasteiger partial charge in [-0.15, -0.1) is 0 Å². The van der Waals surface area contributed by atoms with E-state index in [-0.39, 0.29) is 0 Å². The predicted octanol–water partition coefficient (Wildman–Crippen LogP) is 1.27.